The van der Waals surface area contributed by atoms with Crippen LogP contribution in [0.15, 0.2) is 12.7 Å². The van der Waals surface area contributed by atoms with Crippen molar-refractivity contribution in [3.8, 4) is 0 Å². The molecule has 1 atom stereocenters. The molecule has 0 heterocycles. The second-order valence-corrected chi connectivity index (χ2v) is 3.87. The summed E-state index contributed by atoms with van der Waals surface area (Å²) in [5.41, 5.74) is 0. The van der Waals surface area contributed by atoms with Gasteiger partial charge in [-0.25, -0.2) is 0 Å². The average molecular weight is 211 g/mol. The zero-order valence-corrected chi connectivity index (χ0v) is 10.5. The van der Waals surface area contributed by atoms with Gasteiger partial charge in [-0.3, -0.25) is 4.79 Å². The number of hydrogen-bond acceptors (Lipinski definition) is 1. The fourth-order valence-electron chi connectivity index (χ4n) is 1.79. The average Bonchev–Trinajstić information content (AvgIpc) is 2.25. The first-order valence-corrected chi connectivity index (χ1v) is 6.10. The summed E-state index contributed by atoms with van der Waals surface area (Å²) in [4.78, 5) is 14.0. The van der Waals surface area contributed by atoms with E-state index in [-0.39, 0.29) is 5.92 Å². The van der Waals surface area contributed by atoms with E-state index in [4.69, 9.17) is 0 Å². The molecule has 88 valence electrons. The third-order valence-electron chi connectivity index (χ3n) is 2.78. The Labute approximate surface area is 94.4 Å². The summed E-state index contributed by atoms with van der Waals surface area (Å²) in [5, 5.41) is 0. The molecule has 0 N–H and O–H groups in total. The Hall–Kier alpha value is -0.790. The molecule has 1 unspecified atom stereocenters. The Morgan fingerprint density at radius 2 is 1.93 bits per heavy atom. The van der Waals surface area contributed by atoms with Crippen LogP contribution in [0.2, 0.25) is 0 Å². The van der Waals surface area contributed by atoms with Crippen LogP contribution in [-0.4, -0.2) is 23.9 Å². The molecular formula is C13H25NO. The van der Waals surface area contributed by atoms with Gasteiger partial charge in [0, 0.05) is 19.0 Å². The summed E-state index contributed by atoms with van der Waals surface area (Å²) in [6.45, 7) is 11.6. The van der Waals surface area contributed by atoms with E-state index in [1.165, 1.54) is 0 Å². The van der Waals surface area contributed by atoms with Gasteiger partial charge in [-0.05, 0) is 26.7 Å². The van der Waals surface area contributed by atoms with Crippen molar-refractivity contribution in [1.29, 1.82) is 0 Å². The van der Waals surface area contributed by atoms with Gasteiger partial charge in [0.2, 0.25) is 5.91 Å². The summed E-state index contributed by atoms with van der Waals surface area (Å²) in [6.07, 6.45) is 5.96. The summed E-state index contributed by atoms with van der Waals surface area (Å²) < 4.78 is 0. The first kappa shape index (κ1) is 14.2. The van der Waals surface area contributed by atoms with Crippen molar-refractivity contribution in [2.45, 2.75) is 46.5 Å². The van der Waals surface area contributed by atoms with E-state index in [2.05, 4.69) is 13.5 Å². The van der Waals surface area contributed by atoms with Crippen LogP contribution in [0.5, 0.6) is 0 Å². The third kappa shape index (κ3) is 5.01. The Balaban J connectivity index is 4.31. The van der Waals surface area contributed by atoms with E-state index in [0.29, 0.717) is 5.91 Å². The van der Waals surface area contributed by atoms with Gasteiger partial charge >= 0.3 is 0 Å². The molecule has 0 aliphatic heterocycles. The Morgan fingerprint density at radius 1 is 1.33 bits per heavy atom. The van der Waals surface area contributed by atoms with E-state index < -0.39 is 0 Å². The van der Waals surface area contributed by atoms with Crippen molar-refractivity contribution < 1.29 is 4.79 Å². The quantitative estimate of drug-likeness (QED) is 0.564. The monoisotopic (exact) mass is 211 g/mol. The van der Waals surface area contributed by atoms with E-state index in [9.17, 15) is 4.79 Å². The van der Waals surface area contributed by atoms with Crippen molar-refractivity contribution in [2.75, 3.05) is 13.1 Å². The zero-order valence-electron chi connectivity index (χ0n) is 10.5. The maximum atomic E-state index is 12.1. The fourth-order valence-corrected chi connectivity index (χ4v) is 1.79. The van der Waals surface area contributed by atoms with E-state index in [0.717, 1.165) is 38.8 Å². The van der Waals surface area contributed by atoms with Crippen LogP contribution in [0.25, 0.3) is 0 Å². The first-order chi connectivity index (χ1) is 7.21. The topological polar surface area (TPSA) is 20.3 Å². The second kappa shape index (κ2) is 8.51. The molecule has 2 nitrogen and oxygen atoms in total. The SMILES string of the molecule is C=CCC(CCCC)C(=O)N(CC)CC. The van der Waals surface area contributed by atoms with Gasteiger partial charge in [-0.15, -0.1) is 6.58 Å². The maximum absolute atomic E-state index is 12.1. The van der Waals surface area contributed by atoms with Crippen LogP contribution in [0.1, 0.15) is 46.5 Å². The molecule has 0 bridgehead atoms. The minimum Gasteiger partial charge on any atom is -0.343 e. The summed E-state index contributed by atoms with van der Waals surface area (Å²) in [6, 6.07) is 0. The lowest BCUT2D eigenvalue weighted by Gasteiger charge is -2.24. The number of hydrogen-bond donors (Lipinski definition) is 0. The normalized spacial score (nSPS) is 12.2. The first-order valence-electron chi connectivity index (χ1n) is 6.10. The standard InChI is InChI=1S/C13H25NO/c1-5-9-11-12(10-6-2)13(15)14(7-3)8-4/h6,12H,2,5,7-11H2,1,3-4H3. The van der Waals surface area contributed by atoms with Crippen LogP contribution in [0, 0.1) is 5.92 Å². The molecule has 0 saturated carbocycles. The van der Waals surface area contributed by atoms with Gasteiger partial charge in [-0.1, -0.05) is 25.8 Å². The molecule has 0 aliphatic rings. The molecule has 0 saturated heterocycles. The Bertz CT molecular complexity index is 185. The molecule has 15 heavy (non-hydrogen) atoms. The van der Waals surface area contributed by atoms with Gasteiger partial charge in [0.25, 0.3) is 0 Å². The lowest BCUT2D eigenvalue weighted by Crippen LogP contribution is -2.35. The Morgan fingerprint density at radius 3 is 2.33 bits per heavy atom. The molecule has 0 aromatic rings. The molecule has 0 fully saturated rings. The van der Waals surface area contributed by atoms with Crippen molar-refractivity contribution in [3.05, 3.63) is 12.7 Å². The lowest BCUT2D eigenvalue weighted by atomic mass is 9.97. The molecule has 1 amide bonds. The smallest absolute Gasteiger partial charge is 0.225 e. The van der Waals surface area contributed by atoms with Gasteiger partial charge in [0.15, 0.2) is 0 Å². The second-order valence-electron chi connectivity index (χ2n) is 3.87. The summed E-state index contributed by atoms with van der Waals surface area (Å²) in [5.74, 6) is 0.454. The number of unbranched alkanes of at least 4 members (excludes halogenated alkanes) is 1. The molecule has 2 heteroatoms. The number of carbonyl (C=O) groups is 1. The summed E-state index contributed by atoms with van der Waals surface area (Å²) in [7, 11) is 0. The molecule has 0 radical (unpaired) electrons. The number of carbonyl (C=O) groups excluding carboxylic acids is 1. The highest BCUT2D eigenvalue weighted by Crippen LogP contribution is 2.16. The van der Waals surface area contributed by atoms with Crippen molar-refractivity contribution in [3.63, 3.8) is 0 Å². The minimum atomic E-state index is 0.155. The fraction of sp³-hybridized carbons (Fsp3) is 0.769. The molecular weight excluding hydrogens is 186 g/mol. The molecule has 0 rings (SSSR count). The number of allylic oxidation sites excluding steroid dienone is 1. The molecule has 0 spiro atoms. The lowest BCUT2D eigenvalue weighted by molar-refractivity contribution is -0.135. The number of amides is 1. The molecule has 0 aromatic heterocycles. The van der Waals surface area contributed by atoms with Crippen LogP contribution < -0.4 is 0 Å². The summed E-state index contributed by atoms with van der Waals surface area (Å²) >= 11 is 0. The highest BCUT2D eigenvalue weighted by Gasteiger charge is 2.20. The van der Waals surface area contributed by atoms with Crippen LogP contribution >= 0.6 is 0 Å². The molecule has 0 aromatic carbocycles. The Kier molecular flexibility index (Phi) is 8.06. The molecule has 0 aliphatic carbocycles. The third-order valence-corrected chi connectivity index (χ3v) is 2.78. The minimum absolute atomic E-state index is 0.155. The number of rotatable bonds is 8. The van der Waals surface area contributed by atoms with E-state index in [1.54, 1.807) is 0 Å². The van der Waals surface area contributed by atoms with Crippen LogP contribution in [0.4, 0.5) is 0 Å². The van der Waals surface area contributed by atoms with Crippen molar-refractivity contribution in [2.24, 2.45) is 5.92 Å². The largest absolute Gasteiger partial charge is 0.343 e. The van der Waals surface area contributed by atoms with Gasteiger partial charge in [-0.2, -0.15) is 0 Å². The van der Waals surface area contributed by atoms with Gasteiger partial charge in [0.05, 0.1) is 0 Å². The highest BCUT2D eigenvalue weighted by atomic mass is 16.2. The van der Waals surface area contributed by atoms with Crippen LogP contribution in [-0.2, 0) is 4.79 Å². The van der Waals surface area contributed by atoms with Crippen LogP contribution in [0.3, 0.4) is 0 Å². The van der Waals surface area contributed by atoms with Crippen molar-refractivity contribution in [1.82, 2.24) is 4.90 Å². The maximum Gasteiger partial charge on any atom is 0.225 e. The van der Waals surface area contributed by atoms with E-state index >= 15 is 0 Å². The van der Waals surface area contributed by atoms with E-state index in [1.807, 2.05) is 24.8 Å². The van der Waals surface area contributed by atoms with Crippen molar-refractivity contribution >= 4 is 5.91 Å². The van der Waals surface area contributed by atoms with Gasteiger partial charge < -0.3 is 4.90 Å². The highest BCUT2D eigenvalue weighted by molar-refractivity contribution is 5.78. The van der Waals surface area contributed by atoms with Gasteiger partial charge in [0.1, 0.15) is 0 Å². The predicted octanol–water partition coefficient (Wildman–Crippen LogP) is 3.24. The zero-order chi connectivity index (χ0) is 11.7. The predicted molar refractivity (Wildman–Crippen MR) is 65.8 cm³/mol. The number of nitrogens with zero attached hydrogens (tertiary/aromatic N) is 1.